The summed E-state index contributed by atoms with van der Waals surface area (Å²) >= 11 is 1.58. The molecule has 2 aromatic carbocycles. The van der Waals surface area contributed by atoms with Gasteiger partial charge in [0.1, 0.15) is 11.0 Å². The number of aliphatic hydroxyl groups excluding tert-OH is 1. The Bertz CT molecular complexity index is 1870. The lowest BCUT2D eigenvalue weighted by atomic mass is 9.79. The second-order valence-corrected chi connectivity index (χ2v) is 19.9. The van der Waals surface area contributed by atoms with Crippen LogP contribution in [-0.4, -0.2) is 126 Å². The van der Waals surface area contributed by atoms with Crippen LogP contribution in [-0.2, 0) is 36.8 Å². The van der Waals surface area contributed by atoms with Gasteiger partial charge in [0.05, 0.1) is 49.4 Å². The van der Waals surface area contributed by atoms with Crippen LogP contribution in [0.5, 0.6) is 0 Å². The van der Waals surface area contributed by atoms with Crippen molar-refractivity contribution in [1.29, 1.82) is 0 Å². The summed E-state index contributed by atoms with van der Waals surface area (Å²) in [6.07, 6.45) is 3.87. The van der Waals surface area contributed by atoms with E-state index in [1.54, 1.807) is 43.7 Å². The first-order chi connectivity index (χ1) is 30.4. The third-order valence-electron chi connectivity index (χ3n) is 13.7. The molecule has 10 atom stereocenters. The van der Waals surface area contributed by atoms with E-state index in [0.29, 0.717) is 25.2 Å². The van der Waals surface area contributed by atoms with Crippen molar-refractivity contribution < 1.29 is 29.0 Å². The fourth-order valence-corrected chi connectivity index (χ4v) is 10.4. The molecule has 13 nitrogen and oxygen atoms in total. The number of nitrogens with one attached hydrogen (secondary N) is 2. The predicted molar refractivity (Wildman–Crippen MR) is 257 cm³/mol. The molecule has 0 aliphatic carbocycles. The molecule has 1 aliphatic heterocycles. The van der Waals surface area contributed by atoms with E-state index in [1.807, 2.05) is 99.3 Å². The maximum absolute atomic E-state index is 14.6. The minimum atomic E-state index is -0.798. The number of amides is 3. The van der Waals surface area contributed by atoms with Crippen molar-refractivity contribution in [1.82, 2.24) is 30.3 Å². The molecule has 2 heterocycles. The van der Waals surface area contributed by atoms with E-state index in [0.717, 1.165) is 35.4 Å². The van der Waals surface area contributed by atoms with Crippen LogP contribution in [0.2, 0.25) is 0 Å². The minimum Gasteiger partial charge on any atom is -0.399 e. The van der Waals surface area contributed by atoms with Crippen LogP contribution in [0.3, 0.4) is 0 Å². The molecule has 0 radical (unpaired) electrons. The van der Waals surface area contributed by atoms with Crippen molar-refractivity contribution >= 4 is 34.7 Å². The molecular formula is C50H79N7O6S. The van der Waals surface area contributed by atoms with E-state index >= 15 is 0 Å². The number of anilines is 1. The summed E-state index contributed by atoms with van der Waals surface area (Å²) in [5, 5.41) is 20.9. The molecule has 1 aliphatic rings. The van der Waals surface area contributed by atoms with Gasteiger partial charge in [-0.1, -0.05) is 97.4 Å². The molecule has 4 rings (SSSR count). The van der Waals surface area contributed by atoms with Crippen molar-refractivity contribution in [2.24, 2.45) is 23.7 Å². The summed E-state index contributed by atoms with van der Waals surface area (Å²) in [5.41, 5.74) is 8.00. The van der Waals surface area contributed by atoms with Gasteiger partial charge in [0, 0.05) is 63.1 Å². The Morgan fingerprint density at radius 3 is 2.20 bits per heavy atom. The van der Waals surface area contributed by atoms with Crippen LogP contribution >= 0.6 is 11.3 Å². The third kappa shape index (κ3) is 13.3. The van der Waals surface area contributed by atoms with Crippen molar-refractivity contribution in [3.8, 4) is 0 Å². The molecule has 5 N–H and O–H groups in total. The number of hydrogen-bond donors (Lipinski definition) is 4. The highest BCUT2D eigenvalue weighted by Crippen LogP contribution is 2.35. The van der Waals surface area contributed by atoms with Gasteiger partial charge in [-0.05, 0) is 74.2 Å². The Hall–Kier alpha value is -3.92. The third-order valence-corrected chi connectivity index (χ3v) is 14.6. The number of nitrogen functional groups attached to an aromatic ring is 1. The smallest absolute Gasteiger partial charge is 0.245 e. The molecule has 356 valence electrons. The van der Waals surface area contributed by atoms with Crippen LogP contribution in [0.4, 0.5) is 5.69 Å². The topological polar surface area (TPSA) is 163 Å². The van der Waals surface area contributed by atoms with Gasteiger partial charge in [0.2, 0.25) is 17.7 Å². The van der Waals surface area contributed by atoms with Gasteiger partial charge in [-0.25, -0.2) is 4.98 Å². The maximum Gasteiger partial charge on any atom is 0.245 e. The lowest BCUT2D eigenvalue weighted by Gasteiger charge is -2.45. The van der Waals surface area contributed by atoms with E-state index in [2.05, 4.69) is 48.5 Å². The summed E-state index contributed by atoms with van der Waals surface area (Å²) < 4.78 is 12.5. The number of ether oxygens (including phenoxy) is 2. The quantitative estimate of drug-likeness (QED) is 0.0685. The molecule has 1 fully saturated rings. The van der Waals surface area contributed by atoms with Gasteiger partial charge >= 0.3 is 0 Å². The van der Waals surface area contributed by atoms with E-state index in [4.69, 9.17) is 15.2 Å². The molecule has 3 aromatic rings. The Morgan fingerprint density at radius 1 is 0.984 bits per heavy atom. The Labute approximate surface area is 387 Å². The molecule has 1 saturated heterocycles. The standard InChI is InChI=1S/C50H79N7O6S/c1-13-34(6)45(56(10)49(61)43(32(2)3)53-47(60)44(33(4)5)55(9)30-37-21-23-38(51)24-22-37)41(62-11)29-42(59)57-26-17-20-40(57)46(63-12)35(7)50(8,31-58)54-39(48-52-25-27-64-48)28-36-18-15-14-16-19-36/h14-16,18-19,21-25,27,32-35,39-41,43-46,54,58H,13,17,20,26,28-31,51H2,1-12H3,(H,53,60)/t34-,35+,39-,40-,41+,43-,44-,45-,46+,50?/m0/s1. The first kappa shape index (κ1) is 52.7. The average molecular weight is 906 g/mol. The molecule has 3 amide bonds. The first-order valence-corrected chi connectivity index (χ1v) is 24.1. The molecular weight excluding hydrogens is 827 g/mol. The number of nitrogens with zero attached hydrogens (tertiary/aromatic N) is 4. The maximum atomic E-state index is 14.6. The SMILES string of the molecule is CC[C@H](C)[C@@H]([C@@H](CC(=O)N1CCC[C@H]1[C@H](OC)[C@@H](C)C(C)(CO)N[C@@H](Cc1ccccc1)c1nccs1)OC)N(C)C(=O)[C@@H](NC(=O)[C@H](C(C)C)N(C)Cc1ccc(N)cc1)C(C)C. The fourth-order valence-electron chi connectivity index (χ4n) is 9.69. The van der Waals surface area contributed by atoms with Gasteiger partial charge in [-0.15, -0.1) is 11.3 Å². The number of rotatable bonds is 25. The Morgan fingerprint density at radius 2 is 1.66 bits per heavy atom. The fraction of sp³-hybridized carbons (Fsp3) is 0.640. The van der Waals surface area contributed by atoms with E-state index in [9.17, 15) is 19.5 Å². The first-order valence-electron chi connectivity index (χ1n) is 23.2. The van der Waals surface area contributed by atoms with Crippen molar-refractivity contribution in [3.63, 3.8) is 0 Å². The number of methoxy groups -OCH3 is 2. The molecule has 64 heavy (non-hydrogen) atoms. The number of thiazole rings is 1. The zero-order valence-electron chi connectivity index (χ0n) is 40.6. The van der Waals surface area contributed by atoms with Crippen molar-refractivity contribution in [3.05, 3.63) is 82.3 Å². The molecule has 1 aromatic heterocycles. The second kappa shape index (κ2) is 24.6. The number of aromatic nitrogens is 1. The minimum absolute atomic E-state index is 0.0243. The summed E-state index contributed by atoms with van der Waals surface area (Å²) in [4.78, 5) is 53.7. The predicted octanol–water partition coefficient (Wildman–Crippen LogP) is 6.57. The lowest BCUT2D eigenvalue weighted by Crippen LogP contribution is -2.60. The number of carbonyl (C=O) groups is 3. The molecule has 0 bridgehead atoms. The average Bonchev–Trinajstić information content (AvgIpc) is 4.00. The monoisotopic (exact) mass is 906 g/mol. The highest BCUT2D eigenvalue weighted by atomic mass is 32.1. The largest absolute Gasteiger partial charge is 0.399 e. The summed E-state index contributed by atoms with van der Waals surface area (Å²) in [6.45, 7) is 17.1. The number of likely N-dealkylation sites (N-methyl/N-ethyl adjacent to an activating group) is 2. The molecule has 1 unspecified atom stereocenters. The van der Waals surface area contributed by atoms with Gasteiger partial charge in [-0.2, -0.15) is 0 Å². The second-order valence-electron chi connectivity index (χ2n) is 19.0. The number of nitrogens with two attached hydrogens (primary N) is 1. The van der Waals surface area contributed by atoms with Gasteiger partial charge in [0.25, 0.3) is 0 Å². The zero-order chi connectivity index (χ0) is 47.3. The van der Waals surface area contributed by atoms with Crippen LogP contribution in [0.25, 0.3) is 0 Å². The van der Waals surface area contributed by atoms with Crippen molar-refractivity contribution in [2.75, 3.05) is 47.2 Å². The molecule has 0 saturated carbocycles. The Balaban J connectivity index is 1.52. The number of hydrogen-bond acceptors (Lipinski definition) is 11. The summed E-state index contributed by atoms with van der Waals surface area (Å²) in [5.74, 6) is -0.982. The van der Waals surface area contributed by atoms with Gasteiger partial charge in [0.15, 0.2) is 0 Å². The van der Waals surface area contributed by atoms with Gasteiger partial charge < -0.3 is 35.4 Å². The number of benzene rings is 2. The number of likely N-dealkylation sites (tertiary alicyclic amines) is 1. The van der Waals surface area contributed by atoms with Crippen molar-refractivity contribution in [2.45, 2.75) is 142 Å². The zero-order valence-corrected chi connectivity index (χ0v) is 41.4. The van der Waals surface area contributed by atoms with E-state index in [1.165, 1.54) is 0 Å². The highest BCUT2D eigenvalue weighted by molar-refractivity contribution is 7.09. The number of aliphatic hydroxyl groups is 1. The summed E-state index contributed by atoms with van der Waals surface area (Å²) in [7, 11) is 6.98. The number of carbonyl (C=O) groups excluding carboxylic acids is 3. The highest BCUT2D eigenvalue weighted by Gasteiger charge is 2.46. The van der Waals surface area contributed by atoms with E-state index in [-0.39, 0.29) is 66.5 Å². The van der Waals surface area contributed by atoms with Crippen LogP contribution < -0.4 is 16.4 Å². The molecule has 0 spiro atoms. The van der Waals surface area contributed by atoms with Crippen LogP contribution in [0, 0.1) is 23.7 Å². The van der Waals surface area contributed by atoms with Crippen LogP contribution in [0.15, 0.2) is 66.2 Å². The van der Waals surface area contributed by atoms with Crippen LogP contribution in [0.1, 0.15) is 103 Å². The molecule has 14 heteroatoms. The lowest BCUT2D eigenvalue weighted by molar-refractivity contribution is -0.147. The normalized spacial score (nSPS) is 19.1. The summed E-state index contributed by atoms with van der Waals surface area (Å²) in [6, 6.07) is 15.8. The van der Waals surface area contributed by atoms with Gasteiger partial charge in [-0.3, -0.25) is 24.6 Å². The Kier molecular flexibility index (Phi) is 20.2. The van der Waals surface area contributed by atoms with E-state index < -0.39 is 35.9 Å².